The summed E-state index contributed by atoms with van der Waals surface area (Å²) in [7, 11) is 3.98. The molecule has 0 aliphatic rings. The van der Waals surface area contributed by atoms with Crippen LogP contribution in [-0.2, 0) is 6.42 Å². The van der Waals surface area contributed by atoms with Crippen molar-refractivity contribution in [3.05, 3.63) is 58.6 Å². The van der Waals surface area contributed by atoms with Gasteiger partial charge in [-0.2, -0.15) is 0 Å². The van der Waals surface area contributed by atoms with Crippen molar-refractivity contribution in [3.8, 4) is 0 Å². The number of nitrogens with zero attached hydrogens (tertiary/aromatic N) is 3. The van der Waals surface area contributed by atoms with Gasteiger partial charge in [0.1, 0.15) is 0 Å². The van der Waals surface area contributed by atoms with Gasteiger partial charge in [-0.15, -0.1) is 0 Å². The molecule has 0 fully saturated rings. The maximum absolute atomic E-state index is 13.2. The molecule has 0 atom stereocenters. The monoisotopic (exact) mass is 387 g/mol. The summed E-state index contributed by atoms with van der Waals surface area (Å²) in [5, 5.41) is 1.17. The van der Waals surface area contributed by atoms with Gasteiger partial charge in [0, 0.05) is 13.1 Å². The number of halogens is 1. The molecule has 2 aromatic carbocycles. The highest BCUT2D eigenvalue weighted by molar-refractivity contribution is 7.22. The topological polar surface area (TPSA) is 36.4 Å². The molecule has 0 unspecified atom stereocenters. The predicted octanol–water partition coefficient (Wildman–Crippen LogP) is 4.72. The van der Waals surface area contributed by atoms with E-state index in [4.69, 9.17) is 16.6 Å². The maximum atomic E-state index is 13.2. The van der Waals surface area contributed by atoms with Crippen molar-refractivity contribution >= 4 is 44.2 Å². The van der Waals surface area contributed by atoms with Gasteiger partial charge in [0.25, 0.3) is 5.91 Å². The number of likely N-dealkylation sites (N-methyl/N-ethyl adjacent to an activating group) is 1. The van der Waals surface area contributed by atoms with Crippen molar-refractivity contribution in [3.63, 3.8) is 0 Å². The van der Waals surface area contributed by atoms with E-state index in [1.54, 1.807) is 28.4 Å². The molecule has 6 heteroatoms. The largest absolute Gasteiger partial charge is 0.308 e. The Morgan fingerprint density at radius 3 is 2.62 bits per heavy atom. The van der Waals surface area contributed by atoms with E-state index in [0.29, 0.717) is 22.3 Å². The number of benzene rings is 2. The van der Waals surface area contributed by atoms with Crippen LogP contribution in [0.25, 0.3) is 10.2 Å². The number of fused-ring (bicyclic) bond motifs is 1. The summed E-state index contributed by atoms with van der Waals surface area (Å²) in [6.45, 7) is 3.43. The summed E-state index contributed by atoms with van der Waals surface area (Å²) in [5.74, 6) is -0.118. The minimum atomic E-state index is -0.118. The molecule has 136 valence electrons. The van der Waals surface area contributed by atoms with Crippen LogP contribution < -0.4 is 4.90 Å². The van der Waals surface area contributed by atoms with Gasteiger partial charge in [0.15, 0.2) is 5.13 Å². The van der Waals surface area contributed by atoms with E-state index in [1.807, 2.05) is 32.3 Å². The van der Waals surface area contributed by atoms with Gasteiger partial charge in [-0.1, -0.05) is 48.1 Å². The zero-order chi connectivity index (χ0) is 18.7. The van der Waals surface area contributed by atoms with Crippen LogP contribution in [-0.4, -0.2) is 43.0 Å². The summed E-state index contributed by atoms with van der Waals surface area (Å²) in [5.41, 5.74) is 2.69. The second-order valence-electron chi connectivity index (χ2n) is 6.39. The molecule has 0 bridgehead atoms. The molecular formula is C20H22ClN3OS. The smallest absolute Gasteiger partial charge is 0.261 e. The number of aryl methyl sites for hydroxylation is 1. The molecule has 0 aliphatic heterocycles. The number of hydrogen-bond acceptors (Lipinski definition) is 4. The summed E-state index contributed by atoms with van der Waals surface area (Å²) >= 11 is 7.80. The average Bonchev–Trinajstić information content (AvgIpc) is 3.04. The first-order valence-electron chi connectivity index (χ1n) is 8.60. The van der Waals surface area contributed by atoms with Crippen LogP contribution in [0.5, 0.6) is 0 Å². The summed E-state index contributed by atoms with van der Waals surface area (Å²) in [4.78, 5) is 21.7. The van der Waals surface area contributed by atoms with E-state index in [9.17, 15) is 4.79 Å². The summed E-state index contributed by atoms with van der Waals surface area (Å²) < 4.78 is 1.10. The Bertz CT molecular complexity index is 922. The Balaban J connectivity index is 2.00. The lowest BCUT2D eigenvalue weighted by atomic mass is 10.2. The van der Waals surface area contributed by atoms with Crippen molar-refractivity contribution in [2.75, 3.05) is 32.1 Å². The molecule has 3 aromatic rings. The van der Waals surface area contributed by atoms with E-state index in [1.165, 1.54) is 5.56 Å². The minimum Gasteiger partial charge on any atom is -0.308 e. The fraction of sp³-hybridized carbons (Fsp3) is 0.300. The molecule has 0 spiro atoms. The Labute approximate surface area is 163 Å². The second-order valence-corrected chi connectivity index (χ2v) is 7.81. The van der Waals surface area contributed by atoms with Crippen LogP contribution in [0.2, 0.25) is 5.02 Å². The van der Waals surface area contributed by atoms with Gasteiger partial charge in [-0.05, 0) is 50.3 Å². The zero-order valence-electron chi connectivity index (χ0n) is 15.2. The molecule has 0 radical (unpaired) electrons. The van der Waals surface area contributed by atoms with Crippen molar-refractivity contribution in [2.24, 2.45) is 0 Å². The molecular weight excluding hydrogens is 366 g/mol. The SMILES string of the molecule is CCc1ccc2nc(N(CCN(C)C)C(=O)c3ccccc3Cl)sc2c1. The first-order valence-corrected chi connectivity index (χ1v) is 9.79. The van der Waals surface area contributed by atoms with Gasteiger partial charge >= 0.3 is 0 Å². The fourth-order valence-electron chi connectivity index (χ4n) is 2.66. The Hall–Kier alpha value is -1.95. The number of hydrogen-bond donors (Lipinski definition) is 0. The molecule has 1 heterocycles. The molecule has 0 saturated carbocycles. The van der Waals surface area contributed by atoms with E-state index < -0.39 is 0 Å². The normalized spacial score (nSPS) is 11.3. The molecule has 0 aliphatic carbocycles. The number of anilines is 1. The second kappa shape index (κ2) is 8.16. The van der Waals surface area contributed by atoms with E-state index in [2.05, 4.69) is 24.0 Å². The number of carbonyl (C=O) groups is 1. The third kappa shape index (κ3) is 4.06. The average molecular weight is 388 g/mol. The van der Waals surface area contributed by atoms with Crippen LogP contribution in [0.4, 0.5) is 5.13 Å². The lowest BCUT2D eigenvalue weighted by Gasteiger charge is -2.22. The lowest BCUT2D eigenvalue weighted by Crippen LogP contribution is -2.36. The molecule has 3 rings (SSSR count). The van der Waals surface area contributed by atoms with Crippen molar-refractivity contribution in [2.45, 2.75) is 13.3 Å². The maximum Gasteiger partial charge on any atom is 0.261 e. The fourth-order valence-corrected chi connectivity index (χ4v) is 3.93. The van der Waals surface area contributed by atoms with Gasteiger partial charge in [0.05, 0.1) is 20.8 Å². The quantitative estimate of drug-likeness (QED) is 0.614. The Kier molecular flexibility index (Phi) is 5.91. The Morgan fingerprint density at radius 1 is 1.15 bits per heavy atom. The van der Waals surface area contributed by atoms with Crippen LogP contribution in [0.3, 0.4) is 0 Å². The van der Waals surface area contributed by atoms with Crippen LogP contribution in [0, 0.1) is 0 Å². The van der Waals surface area contributed by atoms with E-state index in [-0.39, 0.29) is 5.91 Å². The lowest BCUT2D eigenvalue weighted by molar-refractivity contribution is 0.0985. The highest BCUT2D eigenvalue weighted by Gasteiger charge is 2.23. The predicted molar refractivity (Wildman–Crippen MR) is 111 cm³/mol. The van der Waals surface area contributed by atoms with Crippen LogP contribution in [0.1, 0.15) is 22.8 Å². The molecule has 26 heavy (non-hydrogen) atoms. The first kappa shape index (κ1) is 18.8. The van der Waals surface area contributed by atoms with Gasteiger partial charge in [-0.25, -0.2) is 4.98 Å². The molecule has 0 saturated heterocycles. The third-order valence-corrected chi connectivity index (χ3v) is 5.57. The number of carbonyl (C=O) groups excluding carboxylic acids is 1. The van der Waals surface area contributed by atoms with Crippen LogP contribution >= 0.6 is 22.9 Å². The van der Waals surface area contributed by atoms with Crippen molar-refractivity contribution in [1.29, 1.82) is 0 Å². The first-order chi connectivity index (χ1) is 12.5. The van der Waals surface area contributed by atoms with E-state index in [0.717, 1.165) is 23.2 Å². The minimum absolute atomic E-state index is 0.118. The van der Waals surface area contributed by atoms with Crippen molar-refractivity contribution < 1.29 is 4.79 Å². The number of thiazole rings is 1. The van der Waals surface area contributed by atoms with Crippen molar-refractivity contribution in [1.82, 2.24) is 9.88 Å². The van der Waals surface area contributed by atoms with Gasteiger partial charge < -0.3 is 4.90 Å². The molecule has 4 nitrogen and oxygen atoms in total. The molecule has 0 N–H and O–H groups in total. The number of aromatic nitrogens is 1. The van der Waals surface area contributed by atoms with Gasteiger partial charge in [0.2, 0.25) is 0 Å². The number of amides is 1. The zero-order valence-corrected chi connectivity index (χ0v) is 16.8. The van der Waals surface area contributed by atoms with Gasteiger partial charge in [-0.3, -0.25) is 9.69 Å². The summed E-state index contributed by atoms with van der Waals surface area (Å²) in [6, 6.07) is 13.4. The van der Waals surface area contributed by atoms with Crippen LogP contribution in [0.15, 0.2) is 42.5 Å². The number of rotatable bonds is 6. The molecule has 1 aromatic heterocycles. The highest BCUT2D eigenvalue weighted by Crippen LogP contribution is 2.31. The molecule has 1 amide bonds. The summed E-state index contributed by atoms with van der Waals surface area (Å²) in [6.07, 6.45) is 0.978. The highest BCUT2D eigenvalue weighted by atomic mass is 35.5. The third-order valence-electron chi connectivity index (χ3n) is 4.20. The Morgan fingerprint density at radius 2 is 1.92 bits per heavy atom. The van der Waals surface area contributed by atoms with E-state index >= 15 is 0 Å². The standard InChI is InChI=1S/C20H22ClN3OS/c1-4-14-9-10-17-18(13-14)26-20(22-17)24(12-11-23(2)3)19(25)15-7-5-6-8-16(15)21/h5-10,13H,4,11-12H2,1-3H3.